The van der Waals surface area contributed by atoms with E-state index >= 15 is 0 Å². The zero-order valence-electron chi connectivity index (χ0n) is 13.5. The highest BCUT2D eigenvalue weighted by molar-refractivity contribution is 7.18. The van der Waals surface area contributed by atoms with E-state index in [1.54, 1.807) is 11.3 Å². The summed E-state index contributed by atoms with van der Waals surface area (Å²) >= 11 is 1.72. The summed E-state index contributed by atoms with van der Waals surface area (Å²) in [6, 6.07) is 7.70. The van der Waals surface area contributed by atoms with Crippen LogP contribution >= 0.6 is 11.3 Å². The fraction of sp³-hybridized carbons (Fsp3) is 0.316. The number of carbonyl (C=O) groups is 1. The first-order chi connectivity index (χ1) is 11.8. The summed E-state index contributed by atoms with van der Waals surface area (Å²) in [5.74, 6) is 0.509. The van der Waals surface area contributed by atoms with Crippen molar-refractivity contribution in [3.63, 3.8) is 0 Å². The molecule has 0 bridgehead atoms. The molecule has 1 aromatic carbocycles. The molecule has 0 spiro atoms. The minimum absolute atomic E-state index is 0.00219. The Balaban J connectivity index is 1.55. The molecule has 1 aliphatic carbocycles. The number of rotatable bonds is 5. The fourth-order valence-electron chi connectivity index (χ4n) is 3.15. The van der Waals surface area contributed by atoms with E-state index in [0.717, 1.165) is 29.5 Å². The molecule has 0 saturated heterocycles. The van der Waals surface area contributed by atoms with Crippen LogP contribution in [0.15, 0.2) is 30.6 Å². The molecule has 2 aromatic heterocycles. The fourth-order valence-corrected chi connectivity index (χ4v) is 4.37. The van der Waals surface area contributed by atoms with Gasteiger partial charge in [-0.25, -0.2) is 9.97 Å². The molecule has 2 heterocycles. The Kier molecular flexibility index (Phi) is 4.02. The molecule has 0 saturated carbocycles. The third kappa shape index (κ3) is 2.69. The number of benzene rings is 1. The number of nitrogens with zero attached hydrogens (tertiary/aromatic N) is 2. The van der Waals surface area contributed by atoms with Gasteiger partial charge < -0.3 is 4.74 Å². The van der Waals surface area contributed by atoms with E-state index in [4.69, 9.17) is 4.74 Å². The second kappa shape index (κ2) is 6.32. The zero-order chi connectivity index (χ0) is 16.5. The number of Topliss-reactive ketones (excluding diaryl/α,β-unsaturated/α-hetero) is 1. The van der Waals surface area contributed by atoms with Crippen LogP contribution in [0.1, 0.15) is 39.7 Å². The Labute approximate surface area is 144 Å². The molecule has 4 rings (SSSR count). The Morgan fingerprint density at radius 2 is 2.04 bits per heavy atom. The topological polar surface area (TPSA) is 52.1 Å². The van der Waals surface area contributed by atoms with Gasteiger partial charge in [-0.15, -0.1) is 11.3 Å². The molecule has 0 atom stereocenters. The first-order valence-electron chi connectivity index (χ1n) is 8.26. The van der Waals surface area contributed by atoms with E-state index in [1.165, 1.54) is 28.8 Å². The van der Waals surface area contributed by atoms with E-state index in [0.29, 0.717) is 11.4 Å². The van der Waals surface area contributed by atoms with E-state index in [2.05, 4.69) is 16.9 Å². The molecule has 0 unspecified atom stereocenters. The molecule has 122 valence electrons. The number of hydrogen-bond acceptors (Lipinski definition) is 5. The molecule has 0 aliphatic heterocycles. The van der Waals surface area contributed by atoms with Crippen LogP contribution in [0.4, 0.5) is 0 Å². The van der Waals surface area contributed by atoms with Gasteiger partial charge in [0.2, 0.25) is 5.88 Å². The monoisotopic (exact) mass is 338 g/mol. The zero-order valence-corrected chi connectivity index (χ0v) is 14.4. The molecule has 4 nitrogen and oxygen atoms in total. The van der Waals surface area contributed by atoms with Gasteiger partial charge in [0, 0.05) is 10.4 Å². The molecular formula is C19H18N2O2S. The van der Waals surface area contributed by atoms with Gasteiger partial charge in [0.25, 0.3) is 0 Å². The van der Waals surface area contributed by atoms with Crippen molar-refractivity contribution in [2.45, 2.75) is 32.6 Å². The Hall–Kier alpha value is -2.27. The summed E-state index contributed by atoms with van der Waals surface area (Å²) in [5, 5.41) is 1.00. The number of ether oxygens (including phenoxy) is 1. The van der Waals surface area contributed by atoms with Crippen molar-refractivity contribution in [2.75, 3.05) is 6.61 Å². The van der Waals surface area contributed by atoms with Crippen molar-refractivity contribution in [1.82, 2.24) is 9.97 Å². The summed E-state index contributed by atoms with van der Waals surface area (Å²) in [6.45, 7) is 2.10. The van der Waals surface area contributed by atoms with Crippen molar-refractivity contribution >= 4 is 27.3 Å². The Morgan fingerprint density at radius 1 is 1.21 bits per heavy atom. The van der Waals surface area contributed by atoms with E-state index in [1.807, 2.05) is 24.3 Å². The van der Waals surface area contributed by atoms with Gasteiger partial charge >= 0.3 is 0 Å². The lowest BCUT2D eigenvalue weighted by atomic mass is 10.1. The first kappa shape index (κ1) is 15.3. The van der Waals surface area contributed by atoms with Crippen LogP contribution in [0, 0.1) is 0 Å². The summed E-state index contributed by atoms with van der Waals surface area (Å²) in [6.07, 6.45) is 5.81. The van der Waals surface area contributed by atoms with Crippen LogP contribution in [-0.4, -0.2) is 22.4 Å². The number of carbonyl (C=O) groups excluding carboxylic acids is 1. The van der Waals surface area contributed by atoms with Crippen molar-refractivity contribution in [3.8, 4) is 5.88 Å². The quantitative estimate of drug-likeness (QED) is 0.660. The van der Waals surface area contributed by atoms with Crippen molar-refractivity contribution in [1.29, 1.82) is 0 Å². The average molecular weight is 338 g/mol. The predicted molar refractivity (Wildman–Crippen MR) is 95.1 cm³/mol. The van der Waals surface area contributed by atoms with Crippen LogP contribution in [-0.2, 0) is 19.3 Å². The number of fused-ring (bicyclic) bond motifs is 3. The smallest absolute Gasteiger partial charge is 0.226 e. The van der Waals surface area contributed by atoms with E-state index < -0.39 is 0 Å². The van der Waals surface area contributed by atoms with Crippen molar-refractivity contribution in [2.24, 2.45) is 0 Å². The Bertz CT molecular complexity index is 900. The normalized spacial score (nSPS) is 13.2. The van der Waals surface area contributed by atoms with Gasteiger partial charge in [0.1, 0.15) is 11.2 Å². The maximum Gasteiger partial charge on any atom is 0.226 e. The summed E-state index contributed by atoms with van der Waals surface area (Å²) in [5.41, 5.74) is 3.21. The molecule has 3 aromatic rings. The summed E-state index contributed by atoms with van der Waals surface area (Å²) < 4.78 is 5.78. The standard InChI is InChI=1S/C19H18N2O2S/c1-2-12-6-8-13(9-7-12)15(22)10-23-18-17-14-4-3-5-16(14)24-19(17)21-11-20-18/h6-9,11H,2-5,10H2,1H3. The highest BCUT2D eigenvalue weighted by Crippen LogP contribution is 2.39. The molecule has 0 radical (unpaired) electrons. The van der Waals surface area contributed by atoms with Crippen molar-refractivity contribution < 1.29 is 9.53 Å². The highest BCUT2D eigenvalue weighted by Gasteiger charge is 2.22. The van der Waals surface area contributed by atoms with Gasteiger partial charge in [0.05, 0.1) is 5.39 Å². The van der Waals surface area contributed by atoms with Gasteiger partial charge in [-0.05, 0) is 36.8 Å². The number of hydrogen-bond donors (Lipinski definition) is 0. The maximum absolute atomic E-state index is 12.4. The Morgan fingerprint density at radius 3 is 2.83 bits per heavy atom. The molecule has 5 heteroatoms. The summed E-state index contributed by atoms with van der Waals surface area (Å²) in [4.78, 5) is 23.3. The number of ketones is 1. The van der Waals surface area contributed by atoms with Crippen LogP contribution in [0.2, 0.25) is 0 Å². The van der Waals surface area contributed by atoms with Gasteiger partial charge in [-0.1, -0.05) is 31.2 Å². The first-order valence-corrected chi connectivity index (χ1v) is 9.08. The molecule has 0 amide bonds. The van der Waals surface area contributed by atoms with Crippen LogP contribution in [0.5, 0.6) is 5.88 Å². The van der Waals surface area contributed by atoms with E-state index in [9.17, 15) is 4.79 Å². The van der Waals surface area contributed by atoms with Crippen LogP contribution in [0.25, 0.3) is 10.2 Å². The third-order valence-electron chi connectivity index (χ3n) is 4.49. The molecular weight excluding hydrogens is 320 g/mol. The second-order valence-corrected chi connectivity index (χ2v) is 7.06. The molecule has 0 fully saturated rings. The number of thiophene rings is 1. The maximum atomic E-state index is 12.4. The minimum atomic E-state index is -0.0312. The second-order valence-electron chi connectivity index (χ2n) is 5.98. The van der Waals surface area contributed by atoms with Gasteiger partial charge in [0.15, 0.2) is 12.4 Å². The number of aryl methyl sites for hydroxylation is 3. The highest BCUT2D eigenvalue weighted by atomic mass is 32.1. The molecule has 24 heavy (non-hydrogen) atoms. The average Bonchev–Trinajstić information content (AvgIpc) is 3.20. The summed E-state index contributed by atoms with van der Waals surface area (Å²) in [7, 11) is 0. The third-order valence-corrected chi connectivity index (χ3v) is 5.69. The number of aromatic nitrogens is 2. The molecule has 0 N–H and O–H groups in total. The SMILES string of the molecule is CCc1ccc(C(=O)COc2ncnc3sc4c(c23)CCC4)cc1. The largest absolute Gasteiger partial charge is 0.469 e. The van der Waals surface area contributed by atoms with E-state index in [-0.39, 0.29) is 12.4 Å². The van der Waals surface area contributed by atoms with Crippen LogP contribution < -0.4 is 4.74 Å². The lowest BCUT2D eigenvalue weighted by Crippen LogP contribution is -2.12. The van der Waals surface area contributed by atoms with Gasteiger partial charge in [-0.3, -0.25) is 4.79 Å². The lowest BCUT2D eigenvalue weighted by molar-refractivity contribution is 0.0919. The lowest BCUT2D eigenvalue weighted by Gasteiger charge is -2.07. The van der Waals surface area contributed by atoms with Crippen molar-refractivity contribution in [3.05, 3.63) is 52.2 Å². The molecule has 1 aliphatic rings. The minimum Gasteiger partial charge on any atom is -0.469 e. The van der Waals surface area contributed by atoms with Crippen LogP contribution in [0.3, 0.4) is 0 Å². The van der Waals surface area contributed by atoms with Gasteiger partial charge in [-0.2, -0.15) is 0 Å². The predicted octanol–water partition coefficient (Wildman–Crippen LogP) is 4.00.